The zero-order valence-corrected chi connectivity index (χ0v) is 18.3. The zero-order valence-electron chi connectivity index (χ0n) is 16.7. The lowest BCUT2D eigenvalue weighted by Gasteiger charge is -2.37. The van der Waals surface area contributed by atoms with Gasteiger partial charge >= 0.3 is 5.97 Å². The fourth-order valence-electron chi connectivity index (χ4n) is 4.56. The van der Waals surface area contributed by atoms with Crippen molar-refractivity contribution in [3.8, 4) is 0 Å². The number of carboxylic acids is 1. The van der Waals surface area contributed by atoms with Crippen molar-refractivity contribution in [2.45, 2.75) is 30.7 Å². The number of nitrogens with one attached hydrogen (secondary N) is 1. The average Bonchev–Trinajstić information content (AvgIpc) is 3.33. The highest BCUT2D eigenvalue weighted by molar-refractivity contribution is 7.11. The maximum Gasteiger partial charge on any atom is 0.335 e. The van der Waals surface area contributed by atoms with Gasteiger partial charge in [-0.1, -0.05) is 17.7 Å². The maximum absolute atomic E-state index is 13.7. The molecule has 168 valence electrons. The Morgan fingerprint density at radius 1 is 1.41 bits per heavy atom. The van der Waals surface area contributed by atoms with Crippen LogP contribution in [0.5, 0.6) is 0 Å². The Morgan fingerprint density at radius 2 is 2.25 bits per heavy atom. The number of aromatic nitrogens is 1. The highest BCUT2D eigenvalue weighted by Gasteiger charge is 2.45. The van der Waals surface area contributed by atoms with Gasteiger partial charge in [-0.15, -0.1) is 11.3 Å². The van der Waals surface area contributed by atoms with Crippen molar-refractivity contribution in [3.63, 3.8) is 0 Å². The van der Waals surface area contributed by atoms with Gasteiger partial charge < -0.3 is 20.3 Å². The van der Waals surface area contributed by atoms with E-state index in [1.54, 1.807) is 11.6 Å². The number of aliphatic imine (C=N–C) groups is 1. The van der Waals surface area contributed by atoms with E-state index in [0.717, 1.165) is 6.07 Å². The Bertz CT molecular complexity index is 1110. The van der Waals surface area contributed by atoms with Crippen molar-refractivity contribution >= 4 is 34.7 Å². The summed E-state index contributed by atoms with van der Waals surface area (Å²) < 4.78 is 19.3. The van der Waals surface area contributed by atoms with E-state index in [1.165, 1.54) is 23.5 Å². The van der Waals surface area contributed by atoms with Crippen LogP contribution in [0.1, 0.15) is 23.0 Å². The second kappa shape index (κ2) is 8.53. The molecule has 4 atom stereocenters. The summed E-state index contributed by atoms with van der Waals surface area (Å²) in [6, 6.07) is 2.67. The number of carbonyl (C=O) groups is 1. The smallest absolute Gasteiger partial charge is 0.335 e. The second-order valence-corrected chi connectivity index (χ2v) is 9.24. The summed E-state index contributed by atoms with van der Waals surface area (Å²) in [5.41, 5.74) is 0.858. The number of benzene rings is 1. The minimum atomic E-state index is -1.15. The number of aliphatic hydroxyl groups is 1. The number of carboxylic acid groups (broad SMARTS) is 1. The van der Waals surface area contributed by atoms with Gasteiger partial charge in [-0.2, -0.15) is 0 Å². The zero-order chi connectivity index (χ0) is 22.4. The number of nitrogens with zero attached hydrogens (tertiary/aromatic N) is 3. The Kier molecular flexibility index (Phi) is 5.72. The number of hydrogen-bond donors (Lipinski definition) is 3. The van der Waals surface area contributed by atoms with E-state index < -0.39 is 23.9 Å². The molecule has 8 nitrogen and oxygen atoms in total. The maximum atomic E-state index is 13.7. The Labute approximate surface area is 192 Å². The van der Waals surface area contributed by atoms with Crippen molar-refractivity contribution in [1.29, 1.82) is 0 Å². The molecule has 5 rings (SSSR count). The summed E-state index contributed by atoms with van der Waals surface area (Å²) in [4.78, 5) is 23.4. The molecule has 2 saturated heterocycles. The summed E-state index contributed by atoms with van der Waals surface area (Å²) >= 11 is 7.67. The van der Waals surface area contributed by atoms with Crippen LogP contribution in [-0.2, 0) is 9.53 Å². The van der Waals surface area contributed by atoms with Gasteiger partial charge in [0.15, 0.2) is 10.8 Å². The molecule has 1 aromatic carbocycles. The average molecular weight is 479 g/mol. The molecule has 0 amide bonds. The molecule has 1 aromatic heterocycles. The predicted molar refractivity (Wildman–Crippen MR) is 116 cm³/mol. The number of hydrogen-bond acceptors (Lipinski definition) is 8. The van der Waals surface area contributed by atoms with E-state index in [-0.39, 0.29) is 29.2 Å². The predicted octanol–water partition coefficient (Wildman–Crippen LogP) is 2.20. The number of fused-ring (bicyclic) bond motifs is 2. The number of aliphatic carboxylic acids is 1. The van der Waals surface area contributed by atoms with Gasteiger partial charge in [-0.25, -0.2) is 14.2 Å². The van der Waals surface area contributed by atoms with Crippen molar-refractivity contribution in [2.24, 2.45) is 4.99 Å². The van der Waals surface area contributed by atoms with Gasteiger partial charge in [0.05, 0.1) is 30.9 Å². The normalized spacial score (nSPS) is 27.9. The molecule has 3 unspecified atom stereocenters. The lowest BCUT2D eigenvalue weighted by Crippen LogP contribution is -2.50. The molecule has 11 heteroatoms. The number of amidine groups is 1. The SMILES string of the molecule is O=C(O)C1=C(CN2C3COCC2C(O)C3)NC(c2nccs2)=N[C@H]1c1ccc(F)cc1Cl. The molecule has 4 heterocycles. The second-order valence-electron chi connectivity index (χ2n) is 7.94. The number of rotatable bonds is 5. The Hall–Kier alpha value is -2.37. The van der Waals surface area contributed by atoms with Gasteiger partial charge in [-0.3, -0.25) is 9.89 Å². The largest absolute Gasteiger partial charge is 0.478 e. The Balaban J connectivity index is 1.59. The highest BCUT2D eigenvalue weighted by Crippen LogP contribution is 2.38. The van der Waals surface area contributed by atoms with Crippen LogP contribution in [0.2, 0.25) is 5.02 Å². The molecule has 0 aliphatic carbocycles. The van der Waals surface area contributed by atoms with Crippen LogP contribution in [-0.4, -0.2) is 69.8 Å². The number of morpholine rings is 1. The first-order valence-electron chi connectivity index (χ1n) is 10.1. The minimum absolute atomic E-state index is 0.0110. The summed E-state index contributed by atoms with van der Waals surface area (Å²) in [5, 5.41) is 26.2. The quantitative estimate of drug-likeness (QED) is 0.604. The molecule has 0 radical (unpaired) electrons. The van der Waals surface area contributed by atoms with Gasteiger partial charge in [-0.05, 0) is 18.6 Å². The fraction of sp³-hybridized carbons (Fsp3) is 0.381. The van der Waals surface area contributed by atoms with Crippen LogP contribution in [0, 0.1) is 5.82 Å². The van der Waals surface area contributed by atoms with Gasteiger partial charge in [0.1, 0.15) is 11.9 Å². The topological polar surface area (TPSA) is 107 Å². The summed E-state index contributed by atoms with van der Waals surface area (Å²) in [5.74, 6) is -1.25. The third-order valence-corrected chi connectivity index (χ3v) is 7.15. The van der Waals surface area contributed by atoms with Crippen molar-refractivity contribution < 1.29 is 24.1 Å². The van der Waals surface area contributed by atoms with Crippen LogP contribution in [0.25, 0.3) is 0 Å². The minimum Gasteiger partial charge on any atom is -0.478 e. The standard InChI is InChI=1S/C21H20ClFN4O4S/c22-13-5-10(23)1-2-12(13)18-17(21(29)30)14(25-19(26-18)20-24-3-4-32-20)7-27-11-6-16(28)15(27)9-31-8-11/h1-5,11,15-16,18,28H,6-9H2,(H,25,26)(H,29,30)/t11?,15?,16?,18-/m0/s1. The fourth-order valence-corrected chi connectivity index (χ4v) is 5.42. The van der Waals surface area contributed by atoms with Crippen molar-refractivity contribution in [1.82, 2.24) is 15.2 Å². The number of aliphatic hydroxyl groups excluding tert-OH is 1. The lowest BCUT2D eigenvalue weighted by molar-refractivity contribution is -0.133. The highest BCUT2D eigenvalue weighted by atomic mass is 35.5. The molecule has 3 aliphatic rings. The first-order chi connectivity index (χ1) is 15.4. The molecule has 2 bridgehead atoms. The lowest BCUT2D eigenvalue weighted by atomic mass is 9.95. The number of ether oxygens (including phenoxy) is 1. The summed E-state index contributed by atoms with van der Waals surface area (Å²) in [6.07, 6.45) is 1.68. The van der Waals surface area contributed by atoms with Crippen LogP contribution < -0.4 is 5.32 Å². The third-order valence-electron chi connectivity index (χ3n) is 6.04. The molecule has 32 heavy (non-hydrogen) atoms. The van der Waals surface area contributed by atoms with E-state index in [2.05, 4.69) is 20.2 Å². The van der Waals surface area contributed by atoms with Crippen LogP contribution in [0.4, 0.5) is 4.39 Å². The van der Waals surface area contributed by atoms with Gasteiger partial charge in [0.25, 0.3) is 0 Å². The van der Waals surface area contributed by atoms with Crippen LogP contribution >= 0.6 is 22.9 Å². The number of thiazole rings is 1. The van der Waals surface area contributed by atoms with Crippen molar-refractivity contribution in [3.05, 3.63) is 62.5 Å². The van der Waals surface area contributed by atoms with E-state index in [4.69, 9.17) is 16.3 Å². The van der Waals surface area contributed by atoms with Gasteiger partial charge in [0, 0.05) is 40.4 Å². The Morgan fingerprint density at radius 3 is 2.94 bits per heavy atom. The monoisotopic (exact) mass is 478 g/mol. The van der Waals surface area contributed by atoms with E-state index in [1.807, 2.05) is 0 Å². The molecular formula is C21H20ClFN4O4S. The summed E-state index contributed by atoms with van der Waals surface area (Å²) in [7, 11) is 0. The summed E-state index contributed by atoms with van der Waals surface area (Å²) in [6.45, 7) is 1.12. The van der Waals surface area contributed by atoms with E-state index >= 15 is 0 Å². The molecule has 0 saturated carbocycles. The third kappa shape index (κ3) is 3.82. The van der Waals surface area contributed by atoms with Gasteiger partial charge in [0.2, 0.25) is 0 Å². The van der Waals surface area contributed by atoms with E-state index in [9.17, 15) is 19.4 Å². The molecule has 3 aliphatic heterocycles. The number of halogens is 2. The molecular weight excluding hydrogens is 459 g/mol. The first kappa shape index (κ1) is 21.5. The molecule has 3 N–H and O–H groups in total. The first-order valence-corrected chi connectivity index (χ1v) is 11.4. The van der Waals surface area contributed by atoms with Crippen LogP contribution in [0.15, 0.2) is 46.0 Å². The molecule has 2 aromatic rings. The van der Waals surface area contributed by atoms with Crippen LogP contribution in [0.3, 0.4) is 0 Å². The molecule has 2 fully saturated rings. The van der Waals surface area contributed by atoms with Crippen molar-refractivity contribution in [2.75, 3.05) is 19.8 Å². The van der Waals surface area contributed by atoms with E-state index in [0.29, 0.717) is 41.7 Å². The molecule has 0 spiro atoms.